The summed E-state index contributed by atoms with van der Waals surface area (Å²) < 4.78 is 5.80. The second-order valence-electron chi connectivity index (χ2n) is 5.19. The van der Waals surface area contributed by atoms with E-state index in [1.807, 2.05) is 37.4 Å². The van der Waals surface area contributed by atoms with E-state index >= 15 is 0 Å². The Kier molecular flexibility index (Phi) is 3.85. The van der Waals surface area contributed by atoms with Crippen molar-refractivity contribution in [1.82, 2.24) is 10.3 Å². The fourth-order valence-corrected chi connectivity index (χ4v) is 2.60. The molecule has 106 valence electrons. The summed E-state index contributed by atoms with van der Waals surface area (Å²) >= 11 is 0. The fraction of sp³-hybridized carbons (Fsp3) is 0.294. The van der Waals surface area contributed by atoms with Crippen molar-refractivity contribution in [3.05, 3.63) is 52.7 Å². The lowest BCUT2D eigenvalue weighted by atomic mass is 10.1. The molecule has 0 spiro atoms. The average molecular weight is 279 g/mol. The lowest BCUT2D eigenvalue weighted by molar-refractivity contribution is 0.459. The number of nitrogens with one attached hydrogen (secondary N) is 1. The van der Waals surface area contributed by atoms with Crippen LogP contribution in [0.1, 0.15) is 28.8 Å². The summed E-state index contributed by atoms with van der Waals surface area (Å²) in [6.45, 7) is 0.820. The van der Waals surface area contributed by atoms with E-state index in [2.05, 4.69) is 16.4 Å². The first-order chi connectivity index (χ1) is 10.3. The number of benzene rings is 1. The highest BCUT2D eigenvalue weighted by molar-refractivity contribution is 5.46. The molecule has 3 rings (SSSR count). The van der Waals surface area contributed by atoms with E-state index in [1.54, 1.807) is 0 Å². The number of rotatable bonds is 4. The van der Waals surface area contributed by atoms with Crippen LogP contribution in [-0.4, -0.2) is 12.0 Å². The SMILES string of the molecule is CNCc1ccc(Oc2nc3c(cc2C#N)CCC3)cc1. The second-order valence-corrected chi connectivity index (χ2v) is 5.19. The van der Waals surface area contributed by atoms with E-state index in [1.165, 1.54) is 11.1 Å². The topological polar surface area (TPSA) is 57.9 Å². The average Bonchev–Trinajstić information content (AvgIpc) is 2.96. The number of hydrogen-bond donors (Lipinski definition) is 1. The number of nitrogens with zero attached hydrogens (tertiary/aromatic N) is 2. The molecule has 4 heteroatoms. The number of aromatic nitrogens is 1. The van der Waals surface area contributed by atoms with E-state index in [-0.39, 0.29) is 0 Å². The minimum absolute atomic E-state index is 0.416. The third-order valence-corrected chi connectivity index (χ3v) is 3.66. The van der Waals surface area contributed by atoms with Gasteiger partial charge in [-0.2, -0.15) is 5.26 Å². The molecule has 0 bridgehead atoms. The predicted molar refractivity (Wildman–Crippen MR) is 80.3 cm³/mol. The molecule has 1 aliphatic rings. The van der Waals surface area contributed by atoms with Crippen LogP contribution in [-0.2, 0) is 19.4 Å². The molecule has 0 atom stereocenters. The lowest BCUT2D eigenvalue weighted by Gasteiger charge is -2.09. The van der Waals surface area contributed by atoms with Gasteiger partial charge in [0, 0.05) is 12.2 Å². The molecule has 1 aliphatic carbocycles. The first kappa shape index (κ1) is 13.6. The monoisotopic (exact) mass is 279 g/mol. The van der Waals surface area contributed by atoms with Gasteiger partial charge in [0.25, 0.3) is 0 Å². The Hall–Kier alpha value is -2.38. The maximum Gasteiger partial charge on any atom is 0.237 e. The van der Waals surface area contributed by atoms with E-state index in [0.29, 0.717) is 17.2 Å². The molecule has 1 N–H and O–H groups in total. The standard InChI is InChI=1S/C17H17N3O/c1-19-11-12-5-7-15(8-6-12)21-17-14(10-18)9-13-3-2-4-16(13)20-17/h5-9,19H,2-4,11H2,1H3. The molecule has 0 amide bonds. The third-order valence-electron chi connectivity index (χ3n) is 3.66. The summed E-state index contributed by atoms with van der Waals surface area (Å²) in [5.74, 6) is 1.12. The zero-order chi connectivity index (χ0) is 14.7. The van der Waals surface area contributed by atoms with E-state index in [0.717, 1.165) is 31.5 Å². The van der Waals surface area contributed by atoms with Crippen molar-refractivity contribution >= 4 is 0 Å². The quantitative estimate of drug-likeness (QED) is 0.934. The molecule has 4 nitrogen and oxygen atoms in total. The van der Waals surface area contributed by atoms with E-state index in [4.69, 9.17) is 4.74 Å². The Balaban J connectivity index is 1.86. The van der Waals surface area contributed by atoms with Crippen LogP contribution in [0.25, 0.3) is 0 Å². The summed E-state index contributed by atoms with van der Waals surface area (Å²) in [6, 6.07) is 11.9. The highest BCUT2D eigenvalue weighted by Gasteiger charge is 2.17. The van der Waals surface area contributed by atoms with Gasteiger partial charge in [0.05, 0.1) is 0 Å². The Morgan fingerprint density at radius 2 is 2.10 bits per heavy atom. The molecular formula is C17H17N3O. The normalized spacial score (nSPS) is 12.8. The van der Waals surface area contributed by atoms with Gasteiger partial charge in [0.2, 0.25) is 5.88 Å². The minimum atomic E-state index is 0.416. The number of ether oxygens (including phenoxy) is 1. The number of hydrogen-bond acceptors (Lipinski definition) is 4. The van der Waals surface area contributed by atoms with Gasteiger partial charge in [-0.1, -0.05) is 12.1 Å². The molecule has 0 aliphatic heterocycles. The van der Waals surface area contributed by atoms with Crippen molar-refractivity contribution in [3.8, 4) is 17.7 Å². The van der Waals surface area contributed by atoms with Gasteiger partial charge >= 0.3 is 0 Å². The van der Waals surface area contributed by atoms with Crippen LogP contribution in [0.2, 0.25) is 0 Å². The van der Waals surface area contributed by atoms with Crippen molar-refractivity contribution in [1.29, 1.82) is 5.26 Å². The van der Waals surface area contributed by atoms with Crippen LogP contribution in [0, 0.1) is 11.3 Å². The Labute approximate surface area is 124 Å². The lowest BCUT2D eigenvalue weighted by Crippen LogP contribution is -2.04. The molecule has 0 unspecified atom stereocenters. The Morgan fingerprint density at radius 1 is 1.29 bits per heavy atom. The van der Waals surface area contributed by atoms with E-state index < -0.39 is 0 Å². The van der Waals surface area contributed by atoms with Crippen molar-refractivity contribution < 1.29 is 4.74 Å². The molecule has 0 saturated carbocycles. The van der Waals surface area contributed by atoms with Crippen LogP contribution < -0.4 is 10.1 Å². The highest BCUT2D eigenvalue weighted by atomic mass is 16.5. The number of nitriles is 1. The molecule has 0 radical (unpaired) electrons. The predicted octanol–water partition coefficient (Wildman–Crippen LogP) is 2.95. The zero-order valence-corrected chi connectivity index (χ0v) is 12.0. The molecule has 1 aromatic carbocycles. The van der Waals surface area contributed by atoms with Crippen LogP contribution in [0.5, 0.6) is 11.6 Å². The molecule has 0 saturated heterocycles. The first-order valence-corrected chi connectivity index (χ1v) is 7.14. The molecule has 0 fully saturated rings. The summed E-state index contributed by atoms with van der Waals surface area (Å²) in [5.41, 5.74) is 3.95. The van der Waals surface area contributed by atoms with Gasteiger partial charge < -0.3 is 10.1 Å². The molecule has 2 aromatic rings. The fourth-order valence-electron chi connectivity index (χ4n) is 2.60. The van der Waals surface area contributed by atoms with Crippen molar-refractivity contribution in [2.45, 2.75) is 25.8 Å². The van der Waals surface area contributed by atoms with Gasteiger partial charge in [-0.3, -0.25) is 0 Å². The summed E-state index contributed by atoms with van der Waals surface area (Å²) in [7, 11) is 1.91. The molecule has 21 heavy (non-hydrogen) atoms. The maximum absolute atomic E-state index is 9.26. The van der Waals surface area contributed by atoms with Crippen LogP contribution in [0.3, 0.4) is 0 Å². The minimum Gasteiger partial charge on any atom is -0.438 e. The first-order valence-electron chi connectivity index (χ1n) is 7.14. The van der Waals surface area contributed by atoms with Crippen molar-refractivity contribution in [2.75, 3.05) is 7.05 Å². The highest BCUT2D eigenvalue weighted by Crippen LogP contribution is 2.29. The summed E-state index contributed by atoms with van der Waals surface area (Å²) in [4.78, 5) is 4.52. The Morgan fingerprint density at radius 3 is 2.81 bits per heavy atom. The van der Waals surface area contributed by atoms with E-state index in [9.17, 15) is 5.26 Å². The number of aryl methyl sites for hydroxylation is 2. The van der Waals surface area contributed by atoms with Crippen molar-refractivity contribution in [3.63, 3.8) is 0 Å². The van der Waals surface area contributed by atoms with Crippen LogP contribution >= 0.6 is 0 Å². The van der Waals surface area contributed by atoms with Gasteiger partial charge in [-0.05, 0) is 55.6 Å². The zero-order valence-electron chi connectivity index (χ0n) is 12.0. The van der Waals surface area contributed by atoms with Crippen LogP contribution in [0.4, 0.5) is 0 Å². The molecule has 1 heterocycles. The molecular weight excluding hydrogens is 262 g/mol. The van der Waals surface area contributed by atoms with Gasteiger partial charge in [0.15, 0.2) is 0 Å². The molecule has 1 aromatic heterocycles. The Bertz CT molecular complexity index is 686. The van der Waals surface area contributed by atoms with Crippen molar-refractivity contribution in [2.24, 2.45) is 0 Å². The third kappa shape index (κ3) is 2.88. The van der Waals surface area contributed by atoms with Gasteiger partial charge in [0.1, 0.15) is 17.4 Å². The second kappa shape index (κ2) is 5.94. The largest absolute Gasteiger partial charge is 0.438 e. The smallest absolute Gasteiger partial charge is 0.237 e. The van der Waals surface area contributed by atoms with Gasteiger partial charge in [-0.25, -0.2) is 4.98 Å². The summed E-state index contributed by atoms with van der Waals surface area (Å²) in [5, 5.41) is 12.4. The number of pyridine rings is 1. The van der Waals surface area contributed by atoms with Gasteiger partial charge in [-0.15, -0.1) is 0 Å². The summed E-state index contributed by atoms with van der Waals surface area (Å²) in [6.07, 6.45) is 3.09. The number of fused-ring (bicyclic) bond motifs is 1. The maximum atomic E-state index is 9.26. The van der Waals surface area contributed by atoms with Crippen LogP contribution in [0.15, 0.2) is 30.3 Å².